The lowest BCUT2D eigenvalue weighted by atomic mass is 10.1. The molecule has 0 unspecified atom stereocenters. The third kappa shape index (κ3) is 4.50. The molecule has 1 aromatic heterocycles. The Balaban J connectivity index is 1.39. The van der Waals surface area contributed by atoms with E-state index in [1.54, 1.807) is 0 Å². The second-order valence-electron chi connectivity index (χ2n) is 7.80. The molecule has 0 aliphatic carbocycles. The summed E-state index contributed by atoms with van der Waals surface area (Å²) in [6.45, 7) is 8.12. The minimum atomic E-state index is 0.0307. The third-order valence-corrected chi connectivity index (χ3v) is 5.61. The number of nitrogens with zero attached hydrogens (tertiary/aromatic N) is 5. The number of carbonyl (C=O) groups excluding carboxylic acids is 1. The second kappa shape index (κ2) is 8.69. The van der Waals surface area contributed by atoms with Gasteiger partial charge in [-0.25, -0.2) is 9.97 Å². The molecule has 2 saturated heterocycles. The summed E-state index contributed by atoms with van der Waals surface area (Å²) in [4.78, 5) is 28.8. The summed E-state index contributed by atoms with van der Waals surface area (Å²) in [5.41, 5.74) is 2.71. The van der Waals surface area contributed by atoms with Crippen molar-refractivity contribution in [1.29, 1.82) is 0 Å². The lowest BCUT2D eigenvalue weighted by Gasteiger charge is -2.34. The molecule has 0 atom stereocenters. The highest BCUT2D eigenvalue weighted by Gasteiger charge is 2.24. The van der Waals surface area contributed by atoms with Crippen molar-refractivity contribution in [3.05, 3.63) is 53.3 Å². The van der Waals surface area contributed by atoms with Crippen LogP contribution in [0.3, 0.4) is 0 Å². The highest BCUT2D eigenvalue weighted by atomic mass is 16.2. The molecule has 6 heteroatoms. The number of aromatic nitrogens is 2. The van der Waals surface area contributed by atoms with Crippen LogP contribution < -0.4 is 4.90 Å². The summed E-state index contributed by atoms with van der Waals surface area (Å²) < 4.78 is 0. The molecule has 2 aromatic rings. The maximum atomic E-state index is 13.1. The highest BCUT2D eigenvalue weighted by molar-refractivity contribution is 5.92. The summed E-state index contributed by atoms with van der Waals surface area (Å²) in [5.74, 6) is 0.744. The molecule has 2 aliphatic heterocycles. The van der Waals surface area contributed by atoms with E-state index in [4.69, 9.17) is 0 Å². The fourth-order valence-corrected chi connectivity index (χ4v) is 4.01. The van der Waals surface area contributed by atoms with Gasteiger partial charge in [0.25, 0.3) is 5.91 Å². The SMILES string of the molecule is Cc1cc(C(=O)N2CCN(Cc3ccccc3)CC2)nc(N2CCCCC2)n1. The Morgan fingerprint density at radius 3 is 2.36 bits per heavy atom. The van der Waals surface area contributed by atoms with Gasteiger partial charge in [0, 0.05) is 51.5 Å². The van der Waals surface area contributed by atoms with E-state index in [2.05, 4.69) is 44.0 Å². The first-order valence-corrected chi connectivity index (χ1v) is 10.4. The Morgan fingerprint density at radius 2 is 1.64 bits per heavy atom. The largest absolute Gasteiger partial charge is 0.341 e. The van der Waals surface area contributed by atoms with Crippen LogP contribution in [-0.4, -0.2) is 64.9 Å². The number of rotatable bonds is 4. The summed E-state index contributed by atoms with van der Waals surface area (Å²) in [5, 5.41) is 0. The first kappa shape index (κ1) is 18.9. The minimum Gasteiger partial charge on any atom is -0.341 e. The molecule has 2 aliphatic rings. The van der Waals surface area contributed by atoms with Crippen molar-refractivity contribution in [3.8, 4) is 0 Å². The molecule has 1 amide bonds. The topological polar surface area (TPSA) is 52.6 Å². The van der Waals surface area contributed by atoms with E-state index in [0.29, 0.717) is 11.6 Å². The molecule has 0 spiro atoms. The molecule has 148 valence electrons. The fraction of sp³-hybridized carbons (Fsp3) is 0.500. The first-order chi connectivity index (χ1) is 13.7. The fourth-order valence-electron chi connectivity index (χ4n) is 4.01. The standard InChI is InChI=1S/C22H29N5O/c1-18-16-20(24-22(23-18)27-10-6-3-7-11-27)21(28)26-14-12-25(13-15-26)17-19-8-4-2-5-9-19/h2,4-5,8-9,16H,3,6-7,10-15,17H2,1H3. The van der Waals surface area contributed by atoms with Crippen LogP contribution in [0.5, 0.6) is 0 Å². The van der Waals surface area contributed by atoms with Gasteiger partial charge in [0.2, 0.25) is 5.95 Å². The molecular formula is C22H29N5O. The Labute approximate surface area is 167 Å². The Kier molecular flexibility index (Phi) is 5.86. The normalized spacial score (nSPS) is 18.3. The van der Waals surface area contributed by atoms with Gasteiger partial charge in [-0.05, 0) is 37.8 Å². The Bertz CT molecular complexity index is 796. The number of carbonyl (C=O) groups is 1. The number of hydrogen-bond donors (Lipinski definition) is 0. The smallest absolute Gasteiger partial charge is 0.272 e. The molecule has 1 aromatic carbocycles. The Hall–Kier alpha value is -2.47. The molecule has 0 bridgehead atoms. The van der Waals surface area contributed by atoms with Crippen molar-refractivity contribution in [2.24, 2.45) is 0 Å². The van der Waals surface area contributed by atoms with Gasteiger partial charge >= 0.3 is 0 Å². The highest BCUT2D eigenvalue weighted by Crippen LogP contribution is 2.18. The molecule has 28 heavy (non-hydrogen) atoms. The quantitative estimate of drug-likeness (QED) is 0.818. The molecule has 6 nitrogen and oxygen atoms in total. The number of amides is 1. The molecule has 3 heterocycles. The van der Waals surface area contributed by atoms with Crippen molar-refractivity contribution in [1.82, 2.24) is 19.8 Å². The van der Waals surface area contributed by atoms with E-state index in [9.17, 15) is 4.79 Å². The maximum Gasteiger partial charge on any atom is 0.272 e. The molecular weight excluding hydrogens is 350 g/mol. The van der Waals surface area contributed by atoms with Crippen molar-refractivity contribution in [3.63, 3.8) is 0 Å². The zero-order chi connectivity index (χ0) is 19.3. The van der Waals surface area contributed by atoms with Crippen LogP contribution in [0.1, 0.15) is 41.0 Å². The summed E-state index contributed by atoms with van der Waals surface area (Å²) in [6, 6.07) is 12.3. The zero-order valence-electron chi connectivity index (χ0n) is 16.7. The third-order valence-electron chi connectivity index (χ3n) is 5.61. The number of benzene rings is 1. The average Bonchev–Trinajstić information content (AvgIpc) is 2.75. The van der Waals surface area contributed by atoms with Crippen LogP contribution in [0.4, 0.5) is 5.95 Å². The van der Waals surface area contributed by atoms with Crippen LogP contribution in [0.15, 0.2) is 36.4 Å². The van der Waals surface area contributed by atoms with Crippen molar-refractivity contribution in [2.75, 3.05) is 44.2 Å². The second-order valence-corrected chi connectivity index (χ2v) is 7.80. The molecule has 0 radical (unpaired) electrons. The van der Waals surface area contributed by atoms with Gasteiger partial charge in [-0.1, -0.05) is 30.3 Å². The Morgan fingerprint density at radius 1 is 0.929 bits per heavy atom. The molecule has 4 rings (SSSR count). The predicted octanol–water partition coefficient (Wildman–Crippen LogP) is 2.73. The monoisotopic (exact) mass is 379 g/mol. The minimum absolute atomic E-state index is 0.0307. The van der Waals surface area contributed by atoms with E-state index in [1.165, 1.54) is 24.8 Å². The van der Waals surface area contributed by atoms with Gasteiger partial charge in [-0.3, -0.25) is 9.69 Å². The average molecular weight is 380 g/mol. The van der Waals surface area contributed by atoms with Gasteiger partial charge in [-0.15, -0.1) is 0 Å². The number of anilines is 1. The molecule has 2 fully saturated rings. The first-order valence-electron chi connectivity index (χ1n) is 10.4. The lowest BCUT2D eigenvalue weighted by molar-refractivity contribution is 0.0622. The van der Waals surface area contributed by atoms with Gasteiger partial charge in [0.15, 0.2) is 0 Å². The van der Waals surface area contributed by atoms with E-state index < -0.39 is 0 Å². The van der Waals surface area contributed by atoms with E-state index in [-0.39, 0.29) is 5.91 Å². The number of piperidine rings is 1. The predicted molar refractivity (Wildman–Crippen MR) is 110 cm³/mol. The van der Waals surface area contributed by atoms with Crippen LogP contribution in [-0.2, 0) is 6.54 Å². The molecule has 0 N–H and O–H groups in total. The van der Waals surface area contributed by atoms with Crippen LogP contribution >= 0.6 is 0 Å². The zero-order valence-corrected chi connectivity index (χ0v) is 16.7. The van der Waals surface area contributed by atoms with E-state index in [0.717, 1.165) is 51.5 Å². The van der Waals surface area contributed by atoms with Crippen molar-refractivity contribution >= 4 is 11.9 Å². The molecule has 0 saturated carbocycles. The van der Waals surface area contributed by atoms with Gasteiger partial charge in [0.1, 0.15) is 5.69 Å². The van der Waals surface area contributed by atoms with Crippen molar-refractivity contribution < 1.29 is 4.79 Å². The summed E-state index contributed by atoms with van der Waals surface area (Å²) in [6.07, 6.45) is 3.61. The summed E-state index contributed by atoms with van der Waals surface area (Å²) in [7, 11) is 0. The van der Waals surface area contributed by atoms with E-state index in [1.807, 2.05) is 24.0 Å². The number of hydrogen-bond acceptors (Lipinski definition) is 5. The van der Waals surface area contributed by atoms with Crippen LogP contribution in [0.2, 0.25) is 0 Å². The van der Waals surface area contributed by atoms with Gasteiger partial charge in [-0.2, -0.15) is 0 Å². The lowest BCUT2D eigenvalue weighted by Crippen LogP contribution is -2.48. The van der Waals surface area contributed by atoms with Crippen LogP contribution in [0, 0.1) is 6.92 Å². The van der Waals surface area contributed by atoms with Crippen molar-refractivity contribution in [2.45, 2.75) is 32.7 Å². The number of piperazine rings is 1. The summed E-state index contributed by atoms with van der Waals surface area (Å²) >= 11 is 0. The van der Waals surface area contributed by atoms with Gasteiger partial charge in [0.05, 0.1) is 0 Å². The van der Waals surface area contributed by atoms with Crippen LogP contribution in [0.25, 0.3) is 0 Å². The number of aryl methyl sites for hydroxylation is 1. The van der Waals surface area contributed by atoms with Gasteiger partial charge < -0.3 is 9.80 Å². The maximum absolute atomic E-state index is 13.1. The van der Waals surface area contributed by atoms with E-state index >= 15 is 0 Å².